The molecular formula is C10H12N2O3. The van der Waals surface area contributed by atoms with Gasteiger partial charge in [-0.2, -0.15) is 0 Å². The van der Waals surface area contributed by atoms with Gasteiger partial charge in [0.05, 0.1) is 0 Å². The molecule has 0 unspecified atom stereocenters. The van der Waals surface area contributed by atoms with E-state index in [0.29, 0.717) is 24.5 Å². The monoisotopic (exact) mass is 208 g/mol. The topological polar surface area (TPSA) is 62.5 Å². The second kappa shape index (κ2) is 3.12. The molecule has 0 bridgehead atoms. The summed E-state index contributed by atoms with van der Waals surface area (Å²) >= 11 is 0. The van der Waals surface area contributed by atoms with E-state index in [0.717, 1.165) is 0 Å². The van der Waals surface area contributed by atoms with E-state index in [2.05, 4.69) is 0 Å². The van der Waals surface area contributed by atoms with Crippen molar-refractivity contribution < 1.29 is 9.90 Å². The smallest absolute Gasteiger partial charge is 0.339 e. The Bertz CT molecular complexity index is 490. The lowest BCUT2D eigenvalue weighted by Gasteiger charge is -2.15. The highest BCUT2D eigenvalue weighted by Crippen LogP contribution is 2.24. The quantitative estimate of drug-likeness (QED) is 0.721. The molecule has 0 spiro atoms. The Morgan fingerprint density at radius 2 is 2.13 bits per heavy atom. The average Bonchev–Trinajstić information content (AvgIpc) is 2.48. The van der Waals surface area contributed by atoms with Crippen molar-refractivity contribution in [2.75, 3.05) is 18.5 Å². The number of nitrogens with zero attached hydrogens (tertiary/aromatic N) is 2. The number of aromatic nitrogens is 1. The highest BCUT2D eigenvalue weighted by atomic mass is 16.4. The van der Waals surface area contributed by atoms with Gasteiger partial charge < -0.3 is 10.0 Å². The summed E-state index contributed by atoms with van der Waals surface area (Å²) in [6.07, 6.45) is 0. The average molecular weight is 208 g/mol. The number of carbonyl (C=O) groups is 1. The van der Waals surface area contributed by atoms with Crippen molar-refractivity contribution in [2.45, 2.75) is 13.5 Å². The van der Waals surface area contributed by atoms with Crippen LogP contribution in [-0.2, 0) is 6.54 Å². The molecule has 1 N–H and O–H groups in total. The number of hydrogen-bond acceptors (Lipinski definition) is 3. The molecule has 0 aromatic carbocycles. The molecule has 1 aromatic rings. The number of carboxylic acids is 1. The molecule has 0 aliphatic carbocycles. The highest BCUT2D eigenvalue weighted by molar-refractivity contribution is 5.95. The minimum atomic E-state index is -0.981. The van der Waals surface area contributed by atoms with Crippen LogP contribution < -0.4 is 10.5 Å². The van der Waals surface area contributed by atoms with Crippen molar-refractivity contribution in [1.82, 2.24) is 4.57 Å². The van der Waals surface area contributed by atoms with Gasteiger partial charge in [-0.3, -0.25) is 9.36 Å². The van der Waals surface area contributed by atoms with Gasteiger partial charge in [-0.25, -0.2) is 4.79 Å². The van der Waals surface area contributed by atoms with Gasteiger partial charge in [-0.05, 0) is 12.5 Å². The Labute approximate surface area is 86.6 Å². The molecule has 1 aliphatic heterocycles. The summed E-state index contributed by atoms with van der Waals surface area (Å²) in [4.78, 5) is 24.5. The lowest BCUT2D eigenvalue weighted by molar-refractivity contribution is 0.0696. The Morgan fingerprint density at radius 3 is 2.73 bits per heavy atom. The Kier molecular flexibility index (Phi) is 2.03. The van der Waals surface area contributed by atoms with Gasteiger partial charge in [0.1, 0.15) is 11.4 Å². The fourth-order valence-corrected chi connectivity index (χ4v) is 1.98. The van der Waals surface area contributed by atoms with Crippen LogP contribution in [0.4, 0.5) is 5.82 Å². The second-order valence-corrected chi connectivity index (χ2v) is 3.74. The Hall–Kier alpha value is -1.78. The molecule has 80 valence electrons. The molecule has 5 nitrogen and oxygen atoms in total. The van der Waals surface area contributed by atoms with Crippen LogP contribution in [0.25, 0.3) is 0 Å². The first-order valence-corrected chi connectivity index (χ1v) is 4.71. The zero-order valence-corrected chi connectivity index (χ0v) is 8.65. The van der Waals surface area contributed by atoms with Crippen molar-refractivity contribution in [1.29, 1.82) is 0 Å². The molecule has 1 aromatic heterocycles. The van der Waals surface area contributed by atoms with Gasteiger partial charge in [0, 0.05) is 26.2 Å². The maximum absolute atomic E-state index is 11.6. The van der Waals surface area contributed by atoms with E-state index < -0.39 is 5.97 Å². The molecule has 0 fully saturated rings. The zero-order chi connectivity index (χ0) is 11.2. The molecule has 2 heterocycles. The SMILES string of the molecule is Cc1cc(=O)n2c(c1C(=O)O)N(C)CC2. The largest absolute Gasteiger partial charge is 0.478 e. The number of likely N-dealkylation sites (N-methyl/N-ethyl adjacent to an activating group) is 1. The third kappa shape index (κ3) is 1.31. The number of rotatable bonds is 1. The Morgan fingerprint density at radius 1 is 1.47 bits per heavy atom. The summed E-state index contributed by atoms with van der Waals surface area (Å²) in [6.45, 7) is 2.89. The van der Waals surface area contributed by atoms with Crippen LogP contribution >= 0.6 is 0 Å². The van der Waals surface area contributed by atoms with Crippen molar-refractivity contribution in [3.05, 3.63) is 27.5 Å². The van der Waals surface area contributed by atoms with Crippen LogP contribution in [0.1, 0.15) is 15.9 Å². The summed E-state index contributed by atoms with van der Waals surface area (Å²) in [7, 11) is 1.80. The van der Waals surface area contributed by atoms with Crippen molar-refractivity contribution in [2.24, 2.45) is 0 Å². The van der Waals surface area contributed by atoms with Gasteiger partial charge in [0.15, 0.2) is 0 Å². The minimum Gasteiger partial charge on any atom is -0.478 e. The summed E-state index contributed by atoms with van der Waals surface area (Å²) in [5.41, 5.74) is 0.624. The number of carboxylic acid groups (broad SMARTS) is 1. The molecule has 0 saturated carbocycles. The summed E-state index contributed by atoms with van der Waals surface area (Å²) in [5, 5.41) is 9.10. The van der Waals surface area contributed by atoms with Crippen molar-refractivity contribution in [3.63, 3.8) is 0 Å². The van der Waals surface area contributed by atoms with E-state index in [1.807, 2.05) is 0 Å². The van der Waals surface area contributed by atoms with Crippen molar-refractivity contribution >= 4 is 11.8 Å². The lowest BCUT2D eigenvalue weighted by atomic mass is 10.1. The second-order valence-electron chi connectivity index (χ2n) is 3.74. The maximum Gasteiger partial charge on any atom is 0.339 e. The number of pyridine rings is 1. The molecule has 15 heavy (non-hydrogen) atoms. The molecule has 0 radical (unpaired) electrons. The number of fused-ring (bicyclic) bond motifs is 1. The van der Waals surface area contributed by atoms with Gasteiger partial charge in [-0.15, -0.1) is 0 Å². The molecule has 1 aliphatic rings. The van der Waals surface area contributed by atoms with Crippen molar-refractivity contribution in [3.8, 4) is 0 Å². The molecular weight excluding hydrogens is 196 g/mol. The normalized spacial score (nSPS) is 14.1. The van der Waals surface area contributed by atoms with E-state index in [-0.39, 0.29) is 11.1 Å². The van der Waals surface area contributed by atoms with E-state index >= 15 is 0 Å². The lowest BCUT2D eigenvalue weighted by Crippen LogP contribution is -2.22. The van der Waals surface area contributed by atoms with Crippen LogP contribution in [0.15, 0.2) is 10.9 Å². The van der Waals surface area contributed by atoms with Gasteiger partial charge in [0.2, 0.25) is 0 Å². The molecule has 0 amide bonds. The molecule has 2 rings (SSSR count). The fourth-order valence-electron chi connectivity index (χ4n) is 1.98. The number of hydrogen-bond donors (Lipinski definition) is 1. The fraction of sp³-hybridized carbons (Fsp3) is 0.400. The summed E-state index contributed by atoms with van der Waals surface area (Å²) in [5.74, 6) is -0.461. The van der Waals surface area contributed by atoms with Crippen LogP contribution in [0.2, 0.25) is 0 Å². The van der Waals surface area contributed by atoms with Crippen LogP contribution in [0.3, 0.4) is 0 Å². The highest BCUT2D eigenvalue weighted by Gasteiger charge is 2.25. The first kappa shape index (κ1) is 9.76. The maximum atomic E-state index is 11.6. The zero-order valence-electron chi connectivity index (χ0n) is 8.65. The molecule has 5 heteroatoms. The van der Waals surface area contributed by atoms with E-state index in [9.17, 15) is 9.59 Å². The predicted molar refractivity (Wildman–Crippen MR) is 55.7 cm³/mol. The first-order valence-electron chi connectivity index (χ1n) is 4.71. The third-order valence-corrected chi connectivity index (χ3v) is 2.71. The number of aromatic carboxylic acids is 1. The van der Waals surface area contributed by atoms with Gasteiger partial charge in [0.25, 0.3) is 5.56 Å². The van der Waals surface area contributed by atoms with Crippen LogP contribution in [-0.4, -0.2) is 29.2 Å². The van der Waals surface area contributed by atoms with Gasteiger partial charge in [-0.1, -0.05) is 0 Å². The molecule has 0 saturated heterocycles. The number of aryl methyl sites for hydroxylation is 1. The van der Waals surface area contributed by atoms with E-state index in [1.54, 1.807) is 18.9 Å². The van der Waals surface area contributed by atoms with Crippen LogP contribution in [0.5, 0.6) is 0 Å². The van der Waals surface area contributed by atoms with Crippen LogP contribution in [0, 0.1) is 6.92 Å². The standard InChI is InChI=1S/C10H12N2O3/c1-6-5-7(13)12-4-3-11(2)9(12)8(6)10(14)15/h5H,3-4H2,1-2H3,(H,14,15). The third-order valence-electron chi connectivity index (χ3n) is 2.71. The van der Waals surface area contributed by atoms with E-state index in [4.69, 9.17) is 5.11 Å². The Balaban J connectivity index is 2.81. The minimum absolute atomic E-state index is 0.128. The molecule has 0 atom stereocenters. The van der Waals surface area contributed by atoms with E-state index in [1.165, 1.54) is 10.6 Å². The predicted octanol–water partition coefficient (Wildman–Crippen LogP) is 0.305. The first-order chi connectivity index (χ1) is 7.02. The van der Waals surface area contributed by atoms with Gasteiger partial charge >= 0.3 is 5.97 Å². The summed E-state index contributed by atoms with van der Waals surface area (Å²) in [6, 6.07) is 1.38. The number of anilines is 1. The summed E-state index contributed by atoms with van der Waals surface area (Å²) < 4.78 is 1.51.